The molecule has 136 valence electrons. The van der Waals surface area contributed by atoms with Crippen molar-refractivity contribution in [2.45, 2.75) is 32.2 Å². The van der Waals surface area contributed by atoms with Crippen LogP contribution < -0.4 is 10.6 Å². The molecule has 0 saturated carbocycles. The number of aromatic nitrogens is 1. The van der Waals surface area contributed by atoms with Crippen molar-refractivity contribution in [3.63, 3.8) is 0 Å². The second-order valence-corrected chi connectivity index (χ2v) is 6.45. The fourth-order valence-electron chi connectivity index (χ4n) is 3.01. The summed E-state index contributed by atoms with van der Waals surface area (Å²) in [5, 5.41) is 5.55. The van der Waals surface area contributed by atoms with E-state index in [1.54, 1.807) is 36.7 Å². The summed E-state index contributed by atoms with van der Waals surface area (Å²) in [5.41, 5.74) is 2.25. The highest BCUT2D eigenvalue weighted by Crippen LogP contribution is 2.15. The topological polar surface area (TPSA) is 74.3 Å². The van der Waals surface area contributed by atoms with E-state index in [0.717, 1.165) is 31.5 Å². The number of pyridine rings is 1. The second-order valence-electron chi connectivity index (χ2n) is 6.45. The maximum absolute atomic E-state index is 12.6. The third-order valence-corrected chi connectivity index (χ3v) is 4.46. The van der Waals surface area contributed by atoms with Gasteiger partial charge in [-0.3, -0.25) is 9.78 Å². The lowest BCUT2D eigenvalue weighted by Gasteiger charge is -2.20. The Morgan fingerprint density at radius 3 is 2.38 bits per heavy atom. The van der Waals surface area contributed by atoms with E-state index in [4.69, 9.17) is 0 Å². The normalized spacial score (nSPS) is 14.4. The molecule has 26 heavy (non-hydrogen) atoms. The summed E-state index contributed by atoms with van der Waals surface area (Å²) in [6.07, 6.45) is 7.94. The number of anilines is 1. The van der Waals surface area contributed by atoms with E-state index in [9.17, 15) is 9.59 Å². The van der Waals surface area contributed by atoms with Crippen molar-refractivity contribution in [2.24, 2.45) is 0 Å². The Bertz CT molecular complexity index is 723. The smallest absolute Gasteiger partial charge is 0.319 e. The number of carbonyl (C=O) groups is 2. The van der Waals surface area contributed by atoms with Crippen LogP contribution in [0.1, 0.15) is 41.6 Å². The van der Waals surface area contributed by atoms with Crippen LogP contribution in [0.15, 0.2) is 48.8 Å². The Morgan fingerprint density at radius 1 is 1.00 bits per heavy atom. The van der Waals surface area contributed by atoms with Gasteiger partial charge in [0.25, 0.3) is 5.91 Å². The van der Waals surface area contributed by atoms with Crippen LogP contribution in [0, 0.1) is 0 Å². The fourth-order valence-corrected chi connectivity index (χ4v) is 3.01. The number of nitrogens with zero attached hydrogens (tertiary/aromatic N) is 2. The zero-order valence-corrected chi connectivity index (χ0v) is 14.8. The van der Waals surface area contributed by atoms with Crippen molar-refractivity contribution in [3.05, 3.63) is 59.9 Å². The van der Waals surface area contributed by atoms with Crippen LogP contribution in [-0.4, -0.2) is 34.9 Å². The number of hydrogen-bond acceptors (Lipinski definition) is 3. The number of likely N-dealkylation sites (tertiary alicyclic amines) is 1. The molecule has 0 atom stereocenters. The molecule has 1 aliphatic heterocycles. The molecule has 1 saturated heterocycles. The molecular weight excluding hydrogens is 328 g/mol. The lowest BCUT2D eigenvalue weighted by molar-refractivity contribution is 0.0761. The molecule has 1 aliphatic rings. The van der Waals surface area contributed by atoms with Gasteiger partial charge in [-0.15, -0.1) is 0 Å². The van der Waals surface area contributed by atoms with E-state index in [2.05, 4.69) is 15.6 Å². The minimum absolute atomic E-state index is 0.0690. The van der Waals surface area contributed by atoms with Gasteiger partial charge in [-0.1, -0.05) is 18.9 Å². The fraction of sp³-hybridized carbons (Fsp3) is 0.350. The molecule has 0 radical (unpaired) electrons. The Morgan fingerprint density at radius 2 is 1.73 bits per heavy atom. The average Bonchev–Trinajstić information content (AvgIpc) is 2.97. The van der Waals surface area contributed by atoms with Crippen LogP contribution in [0.4, 0.5) is 10.5 Å². The van der Waals surface area contributed by atoms with Gasteiger partial charge in [0.2, 0.25) is 0 Å². The second kappa shape index (κ2) is 8.99. The summed E-state index contributed by atoms with van der Waals surface area (Å²) >= 11 is 0. The Kier molecular flexibility index (Phi) is 6.19. The molecular formula is C20H24N4O2. The summed E-state index contributed by atoms with van der Waals surface area (Å²) in [7, 11) is 0. The van der Waals surface area contributed by atoms with Gasteiger partial charge in [-0.25, -0.2) is 4.79 Å². The predicted molar refractivity (Wildman–Crippen MR) is 101 cm³/mol. The number of urea groups is 1. The van der Waals surface area contributed by atoms with Crippen LogP contribution in [0.5, 0.6) is 0 Å². The maximum atomic E-state index is 12.6. The molecule has 1 aromatic carbocycles. The average molecular weight is 352 g/mol. The van der Waals surface area contributed by atoms with Gasteiger partial charge in [0.05, 0.1) is 0 Å². The highest BCUT2D eigenvalue weighted by molar-refractivity contribution is 5.95. The highest BCUT2D eigenvalue weighted by Gasteiger charge is 2.17. The zero-order valence-electron chi connectivity index (χ0n) is 14.8. The van der Waals surface area contributed by atoms with Crippen LogP contribution in [0.2, 0.25) is 0 Å². The summed E-state index contributed by atoms with van der Waals surface area (Å²) in [4.78, 5) is 30.5. The molecule has 6 nitrogen and oxygen atoms in total. The highest BCUT2D eigenvalue weighted by atomic mass is 16.2. The summed E-state index contributed by atoms with van der Waals surface area (Å²) in [6.45, 7) is 2.07. The molecule has 6 heteroatoms. The minimum Gasteiger partial charge on any atom is -0.339 e. The zero-order chi connectivity index (χ0) is 18.2. The summed E-state index contributed by atoms with van der Waals surface area (Å²) < 4.78 is 0. The monoisotopic (exact) mass is 352 g/mol. The van der Waals surface area contributed by atoms with E-state index >= 15 is 0 Å². The first kappa shape index (κ1) is 17.9. The standard InChI is InChI=1S/C20H24N4O2/c25-19(24-12-3-1-2-4-13-24)17-7-9-18(10-8-17)23-20(26)22-15-16-6-5-11-21-14-16/h5-11,14H,1-4,12-13,15H2,(H2,22,23,26). The number of carbonyl (C=O) groups excluding carboxylic acids is 2. The van der Waals surface area contributed by atoms with Gasteiger partial charge in [0.15, 0.2) is 0 Å². The lowest BCUT2D eigenvalue weighted by Crippen LogP contribution is -2.31. The van der Waals surface area contributed by atoms with Gasteiger partial charge >= 0.3 is 6.03 Å². The van der Waals surface area contributed by atoms with Crippen LogP contribution in [-0.2, 0) is 6.54 Å². The first-order chi connectivity index (χ1) is 12.7. The van der Waals surface area contributed by atoms with Gasteiger partial charge in [0.1, 0.15) is 0 Å². The van der Waals surface area contributed by atoms with Crippen molar-refractivity contribution in [1.82, 2.24) is 15.2 Å². The van der Waals surface area contributed by atoms with E-state index < -0.39 is 0 Å². The molecule has 2 N–H and O–H groups in total. The van der Waals surface area contributed by atoms with Crippen LogP contribution in [0.25, 0.3) is 0 Å². The number of hydrogen-bond donors (Lipinski definition) is 2. The maximum Gasteiger partial charge on any atom is 0.319 e. The largest absolute Gasteiger partial charge is 0.339 e. The molecule has 1 aromatic heterocycles. The van der Waals surface area contributed by atoms with Gasteiger partial charge in [-0.05, 0) is 48.7 Å². The third kappa shape index (κ3) is 5.05. The lowest BCUT2D eigenvalue weighted by atomic mass is 10.1. The van der Waals surface area contributed by atoms with E-state index in [1.807, 2.05) is 17.0 Å². The first-order valence-electron chi connectivity index (χ1n) is 9.05. The molecule has 1 fully saturated rings. The molecule has 3 amide bonds. The van der Waals surface area contributed by atoms with Gasteiger partial charge < -0.3 is 15.5 Å². The molecule has 0 bridgehead atoms. The number of amides is 3. The molecule has 0 aliphatic carbocycles. The van der Waals surface area contributed by atoms with Crippen molar-refractivity contribution >= 4 is 17.6 Å². The molecule has 2 aromatic rings. The predicted octanol–water partition coefficient (Wildman–Crippen LogP) is 3.42. The SMILES string of the molecule is O=C(NCc1cccnc1)Nc1ccc(C(=O)N2CCCCCC2)cc1. The van der Waals surface area contributed by atoms with Crippen molar-refractivity contribution in [2.75, 3.05) is 18.4 Å². The summed E-state index contributed by atoms with van der Waals surface area (Å²) in [6, 6.07) is 10.5. The van der Waals surface area contributed by atoms with E-state index in [0.29, 0.717) is 17.8 Å². The van der Waals surface area contributed by atoms with Crippen molar-refractivity contribution in [1.29, 1.82) is 0 Å². The van der Waals surface area contributed by atoms with Gasteiger partial charge in [-0.2, -0.15) is 0 Å². The molecule has 0 unspecified atom stereocenters. The van der Waals surface area contributed by atoms with Crippen LogP contribution >= 0.6 is 0 Å². The molecule has 2 heterocycles. The molecule has 0 spiro atoms. The van der Waals surface area contributed by atoms with Crippen molar-refractivity contribution < 1.29 is 9.59 Å². The molecule has 3 rings (SSSR count). The Labute approximate surface area is 153 Å². The Balaban J connectivity index is 1.52. The minimum atomic E-state index is -0.291. The Hall–Kier alpha value is -2.89. The number of benzene rings is 1. The van der Waals surface area contributed by atoms with E-state index in [-0.39, 0.29) is 11.9 Å². The number of nitrogens with one attached hydrogen (secondary N) is 2. The van der Waals surface area contributed by atoms with E-state index in [1.165, 1.54) is 12.8 Å². The third-order valence-electron chi connectivity index (χ3n) is 4.46. The van der Waals surface area contributed by atoms with Gasteiger partial charge in [0, 0.05) is 43.3 Å². The summed E-state index contributed by atoms with van der Waals surface area (Å²) in [5.74, 6) is 0.0690. The quantitative estimate of drug-likeness (QED) is 0.885. The van der Waals surface area contributed by atoms with Crippen LogP contribution in [0.3, 0.4) is 0 Å². The number of rotatable bonds is 4. The first-order valence-corrected chi connectivity index (χ1v) is 9.05. The van der Waals surface area contributed by atoms with Crippen molar-refractivity contribution in [3.8, 4) is 0 Å².